The molecule has 2 heterocycles. The van der Waals surface area contributed by atoms with Gasteiger partial charge in [-0.15, -0.1) is 11.8 Å². The van der Waals surface area contributed by atoms with E-state index in [4.69, 9.17) is 20.9 Å². The van der Waals surface area contributed by atoms with Gasteiger partial charge in [0.15, 0.2) is 5.82 Å². The van der Waals surface area contributed by atoms with Gasteiger partial charge in [0, 0.05) is 11.4 Å². The molecule has 20 heavy (non-hydrogen) atoms. The molecular weight excluding hydrogens is 298 g/mol. The van der Waals surface area contributed by atoms with Crippen molar-refractivity contribution >= 4 is 23.4 Å². The van der Waals surface area contributed by atoms with Crippen LogP contribution in [0.4, 0.5) is 0 Å². The van der Waals surface area contributed by atoms with E-state index in [9.17, 15) is 0 Å². The molecule has 0 radical (unpaired) electrons. The first-order valence-corrected chi connectivity index (χ1v) is 7.70. The number of halogens is 1. The van der Waals surface area contributed by atoms with E-state index in [0.717, 1.165) is 23.1 Å². The van der Waals surface area contributed by atoms with Crippen LogP contribution in [-0.4, -0.2) is 29.9 Å². The molecule has 1 aromatic carbocycles. The smallest absolute Gasteiger partial charge is 0.246 e. The third-order valence-electron chi connectivity index (χ3n) is 2.90. The lowest BCUT2D eigenvalue weighted by molar-refractivity contribution is 0.0659. The summed E-state index contributed by atoms with van der Waals surface area (Å²) >= 11 is 7.70. The van der Waals surface area contributed by atoms with Gasteiger partial charge in [-0.05, 0) is 12.1 Å². The van der Waals surface area contributed by atoms with E-state index < -0.39 is 0 Å². The quantitative estimate of drug-likeness (QED) is 0.876. The number of ether oxygens (including phenoxy) is 1. The van der Waals surface area contributed by atoms with Crippen LogP contribution >= 0.6 is 23.4 Å². The van der Waals surface area contributed by atoms with Gasteiger partial charge in [0.05, 0.1) is 24.0 Å². The second-order valence-corrected chi connectivity index (χ2v) is 5.77. The molecule has 1 atom stereocenters. The lowest BCUT2D eigenvalue weighted by Crippen LogP contribution is -2.34. The van der Waals surface area contributed by atoms with Crippen molar-refractivity contribution in [2.24, 2.45) is 0 Å². The molecule has 7 heteroatoms. The fraction of sp³-hybridized carbons (Fsp3) is 0.385. The molecule has 106 valence electrons. The second-order valence-electron chi connectivity index (χ2n) is 4.35. The maximum atomic E-state index is 6.11. The first kappa shape index (κ1) is 13.9. The van der Waals surface area contributed by atoms with Crippen molar-refractivity contribution in [1.29, 1.82) is 0 Å². The fourth-order valence-electron chi connectivity index (χ4n) is 1.90. The summed E-state index contributed by atoms with van der Waals surface area (Å²) in [5.74, 6) is 1.87. The number of nitrogens with one attached hydrogen (secondary N) is 1. The number of benzene rings is 1. The lowest BCUT2D eigenvalue weighted by atomic mass is 10.3. The average Bonchev–Trinajstić information content (AvgIpc) is 2.96. The van der Waals surface area contributed by atoms with Gasteiger partial charge in [-0.2, -0.15) is 4.98 Å². The number of rotatable bonds is 4. The summed E-state index contributed by atoms with van der Waals surface area (Å²) in [6.07, 6.45) is 0. The Morgan fingerprint density at radius 1 is 1.40 bits per heavy atom. The van der Waals surface area contributed by atoms with Crippen LogP contribution < -0.4 is 5.32 Å². The second kappa shape index (κ2) is 6.58. The molecule has 1 fully saturated rings. The zero-order valence-electron chi connectivity index (χ0n) is 10.7. The topological polar surface area (TPSA) is 60.2 Å². The molecule has 0 spiro atoms. The van der Waals surface area contributed by atoms with Crippen molar-refractivity contribution in [1.82, 2.24) is 15.5 Å². The molecule has 2 aromatic rings. The van der Waals surface area contributed by atoms with Gasteiger partial charge >= 0.3 is 0 Å². The van der Waals surface area contributed by atoms with Crippen LogP contribution in [0.15, 0.2) is 33.7 Å². The third-order valence-corrected chi connectivity index (χ3v) is 4.41. The Labute approximate surface area is 126 Å². The van der Waals surface area contributed by atoms with E-state index in [1.807, 2.05) is 24.3 Å². The summed E-state index contributed by atoms with van der Waals surface area (Å²) in [5.41, 5.74) is 0. The summed E-state index contributed by atoms with van der Waals surface area (Å²) in [5, 5.41) is 8.01. The van der Waals surface area contributed by atoms with Gasteiger partial charge in [0.2, 0.25) is 5.89 Å². The fourth-order valence-corrected chi connectivity index (χ4v) is 2.98. The number of aromatic nitrogens is 2. The van der Waals surface area contributed by atoms with Crippen molar-refractivity contribution in [3.8, 4) is 0 Å². The van der Waals surface area contributed by atoms with Gasteiger partial charge in [-0.3, -0.25) is 0 Å². The van der Waals surface area contributed by atoms with Crippen LogP contribution in [-0.2, 0) is 10.5 Å². The van der Waals surface area contributed by atoms with E-state index >= 15 is 0 Å². The van der Waals surface area contributed by atoms with Gasteiger partial charge in [0.1, 0.15) is 6.04 Å². The summed E-state index contributed by atoms with van der Waals surface area (Å²) in [4.78, 5) is 5.41. The van der Waals surface area contributed by atoms with Gasteiger partial charge in [-0.1, -0.05) is 28.9 Å². The number of hydrogen-bond donors (Lipinski definition) is 1. The first-order valence-electron chi connectivity index (χ1n) is 6.34. The van der Waals surface area contributed by atoms with E-state index in [1.54, 1.807) is 11.8 Å². The number of morpholine rings is 1. The minimum absolute atomic E-state index is 0.00434. The minimum atomic E-state index is -0.00434. The highest BCUT2D eigenvalue weighted by Gasteiger charge is 2.21. The molecular formula is C13H14ClN3O2S. The number of hydrogen-bond acceptors (Lipinski definition) is 6. The van der Waals surface area contributed by atoms with Crippen molar-refractivity contribution < 1.29 is 9.26 Å². The predicted octanol–water partition coefficient (Wildman–Crippen LogP) is 2.68. The average molecular weight is 312 g/mol. The van der Waals surface area contributed by atoms with Crippen LogP contribution in [0.2, 0.25) is 5.02 Å². The Hall–Kier alpha value is -1.08. The van der Waals surface area contributed by atoms with Crippen LogP contribution in [0, 0.1) is 0 Å². The van der Waals surface area contributed by atoms with E-state index in [2.05, 4.69) is 15.5 Å². The Morgan fingerprint density at radius 3 is 3.10 bits per heavy atom. The Bertz CT molecular complexity index is 572. The zero-order valence-corrected chi connectivity index (χ0v) is 12.3. The lowest BCUT2D eigenvalue weighted by Gasteiger charge is -2.20. The Morgan fingerprint density at radius 2 is 2.30 bits per heavy atom. The SMILES string of the molecule is Clc1ccccc1SCc1noc(C2COCCN2)n1. The summed E-state index contributed by atoms with van der Waals surface area (Å²) in [6, 6.07) is 7.71. The van der Waals surface area contributed by atoms with E-state index in [-0.39, 0.29) is 6.04 Å². The molecule has 1 unspecified atom stereocenters. The van der Waals surface area contributed by atoms with Crippen molar-refractivity contribution in [2.45, 2.75) is 16.7 Å². The molecule has 0 amide bonds. The first-order chi connectivity index (χ1) is 9.83. The summed E-state index contributed by atoms with van der Waals surface area (Å²) < 4.78 is 10.7. The van der Waals surface area contributed by atoms with E-state index in [0.29, 0.717) is 24.1 Å². The largest absolute Gasteiger partial charge is 0.378 e. The highest BCUT2D eigenvalue weighted by atomic mass is 35.5. The normalized spacial score (nSPS) is 19.1. The van der Waals surface area contributed by atoms with Crippen LogP contribution in [0.1, 0.15) is 17.8 Å². The van der Waals surface area contributed by atoms with Crippen LogP contribution in [0.25, 0.3) is 0 Å². The number of thioether (sulfide) groups is 1. The van der Waals surface area contributed by atoms with Gasteiger partial charge in [-0.25, -0.2) is 0 Å². The minimum Gasteiger partial charge on any atom is -0.378 e. The van der Waals surface area contributed by atoms with Gasteiger partial charge < -0.3 is 14.6 Å². The summed E-state index contributed by atoms with van der Waals surface area (Å²) in [7, 11) is 0. The molecule has 5 nitrogen and oxygen atoms in total. The number of nitrogens with zero attached hydrogens (tertiary/aromatic N) is 2. The predicted molar refractivity (Wildman–Crippen MR) is 76.9 cm³/mol. The van der Waals surface area contributed by atoms with Crippen LogP contribution in [0.3, 0.4) is 0 Å². The summed E-state index contributed by atoms with van der Waals surface area (Å²) in [6.45, 7) is 2.09. The Balaban J connectivity index is 1.61. The highest BCUT2D eigenvalue weighted by molar-refractivity contribution is 7.98. The molecule has 1 saturated heterocycles. The maximum absolute atomic E-state index is 6.11. The highest BCUT2D eigenvalue weighted by Crippen LogP contribution is 2.28. The molecule has 0 aliphatic carbocycles. The monoisotopic (exact) mass is 311 g/mol. The molecule has 0 saturated carbocycles. The molecule has 1 aromatic heterocycles. The molecule has 0 bridgehead atoms. The molecule has 1 aliphatic heterocycles. The molecule has 1 aliphatic rings. The molecule has 1 N–H and O–H groups in total. The Kier molecular flexibility index (Phi) is 4.57. The van der Waals surface area contributed by atoms with Crippen molar-refractivity contribution in [2.75, 3.05) is 19.8 Å². The van der Waals surface area contributed by atoms with Crippen molar-refractivity contribution in [3.63, 3.8) is 0 Å². The van der Waals surface area contributed by atoms with E-state index in [1.165, 1.54) is 0 Å². The standard InChI is InChI=1S/C13H14ClN3O2S/c14-9-3-1-2-4-11(9)20-8-12-16-13(19-17-12)10-7-18-6-5-15-10/h1-4,10,15H,5-8H2. The maximum Gasteiger partial charge on any atom is 0.246 e. The van der Waals surface area contributed by atoms with Crippen LogP contribution in [0.5, 0.6) is 0 Å². The third kappa shape index (κ3) is 3.32. The molecule has 3 rings (SSSR count). The zero-order chi connectivity index (χ0) is 13.8. The van der Waals surface area contributed by atoms with Gasteiger partial charge in [0.25, 0.3) is 0 Å². The van der Waals surface area contributed by atoms with Crippen molar-refractivity contribution in [3.05, 3.63) is 41.0 Å².